The normalized spacial score (nSPS) is 20.6. The number of piperidine rings is 1. The van der Waals surface area contributed by atoms with Crippen LogP contribution in [0.4, 0.5) is 0 Å². The monoisotopic (exact) mass is 309 g/mol. The lowest BCUT2D eigenvalue weighted by Gasteiger charge is -2.35. The maximum atomic E-state index is 12.9. The van der Waals surface area contributed by atoms with E-state index < -0.39 is 0 Å². The highest BCUT2D eigenvalue weighted by Gasteiger charge is 2.31. The van der Waals surface area contributed by atoms with Crippen molar-refractivity contribution in [2.24, 2.45) is 11.8 Å². The quantitative estimate of drug-likeness (QED) is 0.927. The smallest absolute Gasteiger partial charge is 0.230 e. The summed E-state index contributed by atoms with van der Waals surface area (Å²) in [6.07, 6.45) is 1.97. The van der Waals surface area contributed by atoms with Gasteiger partial charge < -0.3 is 10.0 Å². The summed E-state index contributed by atoms with van der Waals surface area (Å²) >= 11 is 6.07. The molecule has 1 N–H and O–H groups in total. The second-order valence-electron chi connectivity index (χ2n) is 6.25. The molecule has 0 bridgehead atoms. The molecule has 0 saturated carbocycles. The number of nitrogens with zero attached hydrogens (tertiary/aromatic N) is 1. The Morgan fingerprint density at radius 1 is 1.48 bits per heavy atom. The first-order valence-corrected chi connectivity index (χ1v) is 8.05. The van der Waals surface area contributed by atoms with Crippen LogP contribution < -0.4 is 0 Å². The maximum absolute atomic E-state index is 12.9. The molecule has 3 nitrogen and oxygen atoms in total. The van der Waals surface area contributed by atoms with Crippen molar-refractivity contribution in [1.29, 1.82) is 0 Å². The second-order valence-corrected chi connectivity index (χ2v) is 6.69. The van der Waals surface area contributed by atoms with Gasteiger partial charge in [-0.15, -0.1) is 0 Å². The van der Waals surface area contributed by atoms with Crippen molar-refractivity contribution in [2.45, 2.75) is 32.6 Å². The van der Waals surface area contributed by atoms with Gasteiger partial charge in [0.25, 0.3) is 0 Å². The van der Waals surface area contributed by atoms with Crippen molar-refractivity contribution in [3.8, 4) is 0 Å². The van der Waals surface area contributed by atoms with Crippen molar-refractivity contribution >= 4 is 17.5 Å². The standard InChI is InChI=1S/C17H24ClNO2/c1-12(2)16(14-6-3-7-15(18)9-14)17(21)19-8-4-5-13(10-19)11-20/h3,6-7,9,12-13,16,20H,4-5,8,10-11H2,1-2H3. The number of hydrogen-bond acceptors (Lipinski definition) is 2. The molecule has 0 aromatic heterocycles. The molecule has 2 unspecified atom stereocenters. The Labute approximate surface area is 131 Å². The number of likely N-dealkylation sites (tertiary alicyclic amines) is 1. The van der Waals surface area contributed by atoms with Crippen molar-refractivity contribution < 1.29 is 9.90 Å². The van der Waals surface area contributed by atoms with Gasteiger partial charge in [-0.1, -0.05) is 37.6 Å². The van der Waals surface area contributed by atoms with E-state index in [9.17, 15) is 9.90 Å². The number of benzene rings is 1. The Kier molecular flexibility index (Phi) is 5.65. The van der Waals surface area contributed by atoms with Crippen LogP contribution in [0, 0.1) is 11.8 Å². The van der Waals surface area contributed by atoms with Crippen LogP contribution in [0.25, 0.3) is 0 Å². The number of amides is 1. The first-order valence-electron chi connectivity index (χ1n) is 7.68. The molecule has 1 fully saturated rings. The molecule has 1 saturated heterocycles. The lowest BCUT2D eigenvalue weighted by molar-refractivity contribution is -0.136. The van der Waals surface area contributed by atoms with Gasteiger partial charge in [-0.05, 0) is 42.4 Å². The summed E-state index contributed by atoms with van der Waals surface area (Å²) in [5, 5.41) is 10.0. The minimum atomic E-state index is -0.166. The van der Waals surface area contributed by atoms with Crippen molar-refractivity contribution in [3.05, 3.63) is 34.9 Å². The molecule has 0 radical (unpaired) electrons. The second kappa shape index (κ2) is 7.28. The van der Waals surface area contributed by atoms with E-state index >= 15 is 0 Å². The third kappa shape index (κ3) is 3.98. The van der Waals surface area contributed by atoms with Gasteiger partial charge in [-0.2, -0.15) is 0 Å². The van der Waals surface area contributed by atoms with Crippen LogP contribution in [0.15, 0.2) is 24.3 Å². The number of rotatable bonds is 4. The summed E-state index contributed by atoms with van der Waals surface area (Å²) in [6, 6.07) is 7.59. The number of carbonyl (C=O) groups excluding carboxylic acids is 1. The van der Waals surface area contributed by atoms with E-state index in [1.165, 1.54) is 0 Å². The Balaban J connectivity index is 2.20. The van der Waals surface area contributed by atoms with Gasteiger partial charge in [0.15, 0.2) is 0 Å². The molecule has 21 heavy (non-hydrogen) atoms. The number of hydrogen-bond donors (Lipinski definition) is 1. The molecule has 1 aliphatic rings. The molecule has 2 atom stereocenters. The van der Waals surface area contributed by atoms with E-state index in [-0.39, 0.29) is 30.3 Å². The third-order valence-corrected chi connectivity index (χ3v) is 4.46. The SMILES string of the molecule is CC(C)C(C(=O)N1CCCC(CO)C1)c1cccc(Cl)c1. The Morgan fingerprint density at radius 2 is 2.24 bits per heavy atom. The summed E-state index contributed by atoms with van der Waals surface area (Å²) < 4.78 is 0. The fraction of sp³-hybridized carbons (Fsp3) is 0.588. The van der Waals surface area contributed by atoms with Crippen LogP contribution in [0.3, 0.4) is 0 Å². The fourth-order valence-corrected chi connectivity index (χ4v) is 3.32. The molecule has 1 heterocycles. The van der Waals surface area contributed by atoms with Gasteiger partial charge in [0.1, 0.15) is 0 Å². The lowest BCUT2D eigenvalue weighted by Crippen LogP contribution is -2.44. The summed E-state index contributed by atoms with van der Waals surface area (Å²) in [5.74, 6) is 0.423. The first kappa shape index (κ1) is 16.3. The highest BCUT2D eigenvalue weighted by Crippen LogP contribution is 2.30. The van der Waals surface area contributed by atoms with Crippen LogP contribution in [0.2, 0.25) is 5.02 Å². The highest BCUT2D eigenvalue weighted by molar-refractivity contribution is 6.30. The molecule has 1 amide bonds. The number of aliphatic hydroxyl groups excluding tert-OH is 1. The van der Waals surface area contributed by atoms with Crippen LogP contribution in [0.5, 0.6) is 0 Å². The van der Waals surface area contributed by atoms with Gasteiger partial charge in [0.2, 0.25) is 5.91 Å². The molecule has 116 valence electrons. The molecular weight excluding hydrogens is 286 g/mol. The zero-order valence-corrected chi connectivity index (χ0v) is 13.5. The van der Waals surface area contributed by atoms with Crippen LogP contribution in [-0.2, 0) is 4.79 Å². The molecule has 0 aliphatic carbocycles. The van der Waals surface area contributed by atoms with Gasteiger partial charge in [-0.25, -0.2) is 0 Å². The van der Waals surface area contributed by atoms with Gasteiger partial charge >= 0.3 is 0 Å². The molecule has 1 aromatic carbocycles. The minimum Gasteiger partial charge on any atom is -0.396 e. The Hall–Kier alpha value is -1.06. The van der Waals surface area contributed by atoms with Gasteiger partial charge in [0, 0.05) is 24.7 Å². The molecule has 4 heteroatoms. The average Bonchev–Trinajstić information content (AvgIpc) is 2.47. The largest absolute Gasteiger partial charge is 0.396 e. The van der Waals surface area contributed by atoms with Crippen LogP contribution >= 0.6 is 11.6 Å². The van der Waals surface area contributed by atoms with Crippen molar-refractivity contribution in [2.75, 3.05) is 19.7 Å². The predicted molar refractivity (Wildman–Crippen MR) is 85.4 cm³/mol. The molecular formula is C17H24ClNO2. The maximum Gasteiger partial charge on any atom is 0.230 e. The van der Waals surface area contributed by atoms with Crippen LogP contribution in [-0.4, -0.2) is 35.6 Å². The molecule has 0 spiro atoms. The third-order valence-electron chi connectivity index (χ3n) is 4.23. The van der Waals surface area contributed by atoms with E-state index in [1.807, 2.05) is 29.2 Å². The zero-order valence-electron chi connectivity index (χ0n) is 12.8. The summed E-state index contributed by atoms with van der Waals surface area (Å²) in [5.41, 5.74) is 0.980. The zero-order chi connectivity index (χ0) is 15.4. The van der Waals surface area contributed by atoms with E-state index in [4.69, 9.17) is 11.6 Å². The first-order chi connectivity index (χ1) is 10.0. The van der Waals surface area contributed by atoms with E-state index in [1.54, 1.807) is 0 Å². The molecule has 1 aliphatic heterocycles. The number of halogens is 1. The Bertz CT molecular complexity index is 489. The van der Waals surface area contributed by atoms with Crippen molar-refractivity contribution in [1.82, 2.24) is 4.90 Å². The van der Waals surface area contributed by atoms with E-state index in [0.29, 0.717) is 11.6 Å². The van der Waals surface area contributed by atoms with E-state index in [0.717, 1.165) is 24.9 Å². The highest BCUT2D eigenvalue weighted by atomic mass is 35.5. The molecule has 1 aromatic rings. The van der Waals surface area contributed by atoms with Crippen molar-refractivity contribution in [3.63, 3.8) is 0 Å². The fourth-order valence-electron chi connectivity index (χ4n) is 3.12. The summed E-state index contributed by atoms with van der Waals surface area (Å²) in [4.78, 5) is 14.8. The van der Waals surface area contributed by atoms with Gasteiger partial charge in [0.05, 0.1) is 5.92 Å². The van der Waals surface area contributed by atoms with Gasteiger partial charge in [-0.3, -0.25) is 4.79 Å². The minimum absolute atomic E-state index is 0.158. The number of carbonyl (C=O) groups is 1. The Morgan fingerprint density at radius 3 is 2.86 bits per heavy atom. The lowest BCUT2D eigenvalue weighted by atomic mass is 9.86. The molecule has 2 rings (SSSR count). The topological polar surface area (TPSA) is 40.5 Å². The predicted octanol–water partition coefficient (Wildman–Crippen LogP) is 3.31. The number of aliphatic hydroxyl groups is 1. The summed E-state index contributed by atoms with van der Waals surface area (Å²) in [6.45, 7) is 5.75. The summed E-state index contributed by atoms with van der Waals surface area (Å²) in [7, 11) is 0. The average molecular weight is 310 g/mol. The van der Waals surface area contributed by atoms with Crippen LogP contribution in [0.1, 0.15) is 38.2 Å². The van der Waals surface area contributed by atoms with E-state index in [2.05, 4.69) is 13.8 Å².